The monoisotopic (exact) mass is 282 g/mol. The highest BCUT2D eigenvalue weighted by Crippen LogP contribution is 2.39. The Kier molecular flexibility index (Phi) is 5.02. The Morgan fingerprint density at radius 2 is 1.90 bits per heavy atom. The van der Waals surface area contributed by atoms with Crippen LogP contribution in [0.1, 0.15) is 51.4 Å². The maximum atomic E-state index is 12.5. The highest BCUT2D eigenvalue weighted by molar-refractivity contribution is 5.78. The number of aliphatic carboxylic acids is 1. The van der Waals surface area contributed by atoms with Crippen molar-refractivity contribution in [2.45, 2.75) is 51.4 Å². The van der Waals surface area contributed by atoms with Gasteiger partial charge in [-0.15, -0.1) is 0 Å². The van der Waals surface area contributed by atoms with E-state index in [1.807, 2.05) is 0 Å². The van der Waals surface area contributed by atoms with Crippen LogP contribution in [0.4, 0.5) is 0 Å². The van der Waals surface area contributed by atoms with Crippen molar-refractivity contribution < 1.29 is 14.7 Å². The Balaban J connectivity index is 1.94. The molecular formula is C15H26N2O3. The minimum atomic E-state index is -0.784. The van der Waals surface area contributed by atoms with Crippen LogP contribution in [-0.2, 0) is 9.59 Å². The molecular weight excluding hydrogens is 256 g/mol. The number of carbonyl (C=O) groups is 2. The molecule has 5 heteroatoms. The van der Waals surface area contributed by atoms with Crippen LogP contribution in [0, 0.1) is 11.3 Å². The standard InChI is InChI=1S/C15H26N2O3/c16-11-15(6-2-1-3-7-15)9-13(18)17-8-4-5-12(10-17)14(19)20/h12H,1-11,16H2,(H,19,20). The number of hydrogen-bond donors (Lipinski definition) is 2. The fourth-order valence-corrected chi connectivity index (χ4v) is 3.59. The number of carbonyl (C=O) groups excluding carboxylic acids is 1. The van der Waals surface area contributed by atoms with Gasteiger partial charge >= 0.3 is 5.97 Å². The van der Waals surface area contributed by atoms with Crippen LogP contribution in [0.2, 0.25) is 0 Å². The molecule has 1 amide bonds. The maximum absolute atomic E-state index is 12.5. The van der Waals surface area contributed by atoms with Gasteiger partial charge in [0.25, 0.3) is 0 Å². The third kappa shape index (κ3) is 3.51. The Bertz CT molecular complexity index is 364. The van der Waals surface area contributed by atoms with Crippen molar-refractivity contribution in [1.82, 2.24) is 4.90 Å². The maximum Gasteiger partial charge on any atom is 0.308 e. The van der Waals surface area contributed by atoms with Crippen LogP contribution < -0.4 is 5.73 Å². The van der Waals surface area contributed by atoms with E-state index < -0.39 is 11.9 Å². The zero-order valence-corrected chi connectivity index (χ0v) is 12.1. The van der Waals surface area contributed by atoms with Crippen molar-refractivity contribution in [3.63, 3.8) is 0 Å². The highest BCUT2D eigenvalue weighted by Gasteiger charge is 2.36. The van der Waals surface area contributed by atoms with Crippen molar-refractivity contribution in [3.8, 4) is 0 Å². The van der Waals surface area contributed by atoms with Gasteiger partial charge < -0.3 is 15.7 Å². The molecule has 1 aliphatic carbocycles. The molecule has 1 unspecified atom stereocenters. The summed E-state index contributed by atoms with van der Waals surface area (Å²) in [6.07, 6.45) is 7.58. The summed E-state index contributed by atoms with van der Waals surface area (Å²) < 4.78 is 0. The number of hydrogen-bond acceptors (Lipinski definition) is 3. The summed E-state index contributed by atoms with van der Waals surface area (Å²) in [6.45, 7) is 1.63. The molecule has 2 fully saturated rings. The lowest BCUT2D eigenvalue weighted by Crippen LogP contribution is -2.45. The van der Waals surface area contributed by atoms with E-state index in [1.54, 1.807) is 4.90 Å². The van der Waals surface area contributed by atoms with Gasteiger partial charge in [-0.2, -0.15) is 0 Å². The molecule has 2 rings (SSSR count). The first-order valence-electron chi connectivity index (χ1n) is 7.77. The van der Waals surface area contributed by atoms with Crippen LogP contribution in [0.5, 0.6) is 0 Å². The van der Waals surface area contributed by atoms with Crippen molar-refractivity contribution in [1.29, 1.82) is 0 Å². The Morgan fingerprint density at radius 3 is 2.50 bits per heavy atom. The van der Waals surface area contributed by atoms with Crippen molar-refractivity contribution in [3.05, 3.63) is 0 Å². The van der Waals surface area contributed by atoms with Gasteiger partial charge in [-0.25, -0.2) is 0 Å². The summed E-state index contributed by atoms with van der Waals surface area (Å²) in [4.78, 5) is 25.3. The summed E-state index contributed by atoms with van der Waals surface area (Å²) >= 11 is 0. The number of carboxylic acid groups (broad SMARTS) is 1. The van der Waals surface area contributed by atoms with Gasteiger partial charge in [0.1, 0.15) is 0 Å². The second-order valence-electron chi connectivity index (χ2n) is 6.46. The average molecular weight is 282 g/mol. The van der Waals surface area contributed by atoms with Gasteiger partial charge in [-0.05, 0) is 37.6 Å². The summed E-state index contributed by atoms with van der Waals surface area (Å²) in [6, 6.07) is 0. The summed E-state index contributed by atoms with van der Waals surface area (Å²) in [7, 11) is 0. The molecule has 1 saturated heterocycles. The van der Waals surface area contributed by atoms with E-state index >= 15 is 0 Å². The lowest BCUT2D eigenvalue weighted by atomic mass is 9.71. The topological polar surface area (TPSA) is 83.6 Å². The van der Waals surface area contributed by atoms with Crippen LogP contribution in [0.3, 0.4) is 0 Å². The van der Waals surface area contributed by atoms with Crippen molar-refractivity contribution in [2.75, 3.05) is 19.6 Å². The zero-order valence-electron chi connectivity index (χ0n) is 12.1. The molecule has 0 aromatic carbocycles. The van der Waals surface area contributed by atoms with Gasteiger partial charge in [-0.1, -0.05) is 19.3 Å². The smallest absolute Gasteiger partial charge is 0.308 e. The average Bonchev–Trinajstić information content (AvgIpc) is 2.48. The van der Waals surface area contributed by atoms with Gasteiger partial charge in [0.15, 0.2) is 0 Å². The minimum Gasteiger partial charge on any atom is -0.481 e. The first-order chi connectivity index (χ1) is 9.56. The molecule has 1 heterocycles. The lowest BCUT2D eigenvalue weighted by molar-refractivity contribution is -0.146. The van der Waals surface area contributed by atoms with Crippen molar-refractivity contribution in [2.24, 2.45) is 17.1 Å². The van der Waals surface area contributed by atoms with Gasteiger partial charge in [0.05, 0.1) is 5.92 Å². The predicted molar refractivity (Wildman–Crippen MR) is 76.1 cm³/mol. The predicted octanol–water partition coefficient (Wildman–Crippen LogP) is 1.61. The van der Waals surface area contributed by atoms with E-state index in [0.29, 0.717) is 32.5 Å². The summed E-state index contributed by atoms with van der Waals surface area (Å²) in [5, 5.41) is 9.10. The fourth-order valence-electron chi connectivity index (χ4n) is 3.59. The van der Waals surface area contributed by atoms with Gasteiger partial charge in [0, 0.05) is 19.5 Å². The molecule has 1 atom stereocenters. The number of nitrogens with zero attached hydrogens (tertiary/aromatic N) is 1. The largest absolute Gasteiger partial charge is 0.481 e. The summed E-state index contributed by atoms with van der Waals surface area (Å²) in [5.74, 6) is -1.08. The van der Waals surface area contributed by atoms with Gasteiger partial charge in [0.2, 0.25) is 5.91 Å². The van der Waals surface area contributed by atoms with Gasteiger partial charge in [-0.3, -0.25) is 9.59 Å². The van der Waals surface area contributed by atoms with E-state index in [0.717, 1.165) is 32.1 Å². The second-order valence-corrected chi connectivity index (χ2v) is 6.46. The molecule has 0 aromatic heterocycles. The quantitative estimate of drug-likeness (QED) is 0.820. The molecule has 0 bridgehead atoms. The van der Waals surface area contributed by atoms with Crippen LogP contribution in [0.25, 0.3) is 0 Å². The normalized spacial score (nSPS) is 26.2. The SMILES string of the molecule is NCC1(CC(=O)N2CCCC(C(=O)O)C2)CCCCC1. The lowest BCUT2D eigenvalue weighted by Gasteiger charge is -2.38. The minimum absolute atomic E-state index is 0.0362. The molecule has 3 N–H and O–H groups in total. The number of rotatable bonds is 4. The molecule has 5 nitrogen and oxygen atoms in total. The number of likely N-dealkylation sites (tertiary alicyclic amines) is 1. The first kappa shape index (κ1) is 15.3. The zero-order chi connectivity index (χ0) is 14.6. The van der Waals surface area contributed by atoms with E-state index in [4.69, 9.17) is 10.8 Å². The van der Waals surface area contributed by atoms with E-state index in [-0.39, 0.29) is 11.3 Å². The van der Waals surface area contributed by atoms with Crippen LogP contribution in [-0.4, -0.2) is 41.5 Å². The molecule has 0 aromatic rings. The van der Waals surface area contributed by atoms with Crippen molar-refractivity contribution >= 4 is 11.9 Å². The molecule has 1 saturated carbocycles. The number of amides is 1. The molecule has 0 radical (unpaired) electrons. The van der Waals surface area contributed by atoms with Crippen LogP contribution in [0.15, 0.2) is 0 Å². The first-order valence-corrected chi connectivity index (χ1v) is 7.77. The number of piperidine rings is 1. The second kappa shape index (κ2) is 6.57. The summed E-state index contributed by atoms with van der Waals surface area (Å²) in [5.41, 5.74) is 5.89. The Labute approximate surface area is 120 Å². The fraction of sp³-hybridized carbons (Fsp3) is 0.867. The number of nitrogens with two attached hydrogens (primary N) is 1. The van der Waals surface area contributed by atoms with E-state index in [9.17, 15) is 9.59 Å². The Hall–Kier alpha value is -1.10. The number of carboxylic acids is 1. The van der Waals surface area contributed by atoms with E-state index in [2.05, 4.69) is 0 Å². The third-order valence-corrected chi connectivity index (χ3v) is 5.00. The van der Waals surface area contributed by atoms with Crippen LogP contribution >= 0.6 is 0 Å². The molecule has 1 aliphatic heterocycles. The molecule has 20 heavy (non-hydrogen) atoms. The molecule has 2 aliphatic rings. The third-order valence-electron chi connectivity index (χ3n) is 5.00. The molecule has 114 valence electrons. The Morgan fingerprint density at radius 1 is 1.20 bits per heavy atom. The highest BCUT2D eigenvalue weighted by atomic mass is 16.4. The molecule has 0 spiro atoms. The van der Waals surface area contributed by atoms with E-state index in [1.165, 1.54) is 6.42 Å².